The summed E-state index contributed by atoms with van der Waals surface area (Å²) in [6.07, 6.45) is 0. The van der Waals surface area contributed by atoms with Crippen molar-refractivity contribution >= 4 is 60.7 Å². The summed E-state index contributed by atoms with van der Waals surface area (Å²) in [5.74, 6) is -1.97. The van der Waals surface area contributed by atoms with Crippen molar-refractivity contribution < 1.29 is 14.0 Å². The third kappa shape index (κ3) is 3.25. The number of benzene rings is 1. The third-order valence-electron chi connectivity index (χ3n) is 2.36. The molecule has 2 aromatic rings. The van der Waals surface area contributed by atoms with Gasteiger partial charge in [0.25, 0.3) is 11.8 Å². The zero-order valence-electron chi connectivity index (χ0n) is 9.75. The summed E-state index contributed by atoms with van der Waals surface area (Å²) in [4.78, 5) is 23.5. The minimum Gasteiger partial charge on any atom is -0.366 e. The minimum absolute atomic E-state index is 0.267. The van der Waals surface area contributed by atoms with E-state index in [1.807, 2.05) is 0 Å². The summed E-state index contributed by atoms with van der Waals surface area (Å²) < 4.78 is 14.9. The summed E-state index contributed by atoms with van der Waals surface area (Å²) in [7, 11) is 0. The molecule has 0 atom stereocenters. The summed E-state index contributed by atoms with van der Waals surface area (Å²) >= 11 is 7.82. The zero-order valence-corrected chi connectivity index (χ0v) is 13.7. The summed E-state index contributed by atoms with van der Waals surface area (Å²) in [6, 6.07) is 5.29. The molecule has 0 saturated heterocycles. The molecule has 4 nitrogen and oxygen atoms in total. The Balaban J connectivity index is 2.24. The highest BCUT2D eigenvalue weighted by Crippen LogP contribution is 2.32. The van der Waals surface area contributed by atoms with Crippen LogP contribution in [0.1, 0.15) is 20.0 Å². The summed E-state index contributed by atoms with van der Waals surface area (Å²) in [6.45, 7) is 0. The Labute approximate surface area is 134 Å². The smallest absolute Gasteiger partial charge is 0.265 e. The van der Waals surface area contributed by atoms with Crippen LogP contribution in [0.4, 0.5) is 10.1 Å². The minimum atomic E-state index is -0.889. The van der Waals surface area contributed by atoms with Crippen LogP contribution >= 0.6 is 43.2 Å². The molecule has 0 spiro atoms. The molecule has 0 fully saturated rings. The van der Waals surface area contributed by atoms with Crippen molar-refractivity contribution in [2.24, 2.45) is 5.73 Å². The number of anilines is 1. The lowest BCUT2D eigenvalue weighted by Crippen LogP contribution is -2.15. The van der Waals surface area contributed by atoms with E-state index in [0.29, 0.717) is 10.6 Å². The Morgan fingerprint density at radius 3 is 2.50 bits per heavy atom. The average molecular weight is 422 g/mol. The predicted molar refractivity (Wildman–Crippen MR) is 82.6 cm³/mol. The number of carbonyl (C=O) groups is 2. The molecule has 20 heavy (non-hydrogen) atoms. The molecular weight excluding hydrogens is 415 g/mol. The molecule has 0 saturated carbocycles. The van der Waals surface area contributed by atoms with E-state index in [4.69, 9.17) is 5.73 Å². The molecule has 3 N–H and O–H groups in total. The van der Waals surface area contributed by atoms with E-state index in [1.54, 1.807) is 6.07 Å². The maximum atomic E-state index is 13.3. The Morgan fingerprint density at radius 1 is 1.25 bits per heavy atom. The highest BCUT2D eigenvalue weighted by atomic mass is 79.9. The molecule has 0 aliphatic carbocycles. The van der Waals surface area contributed by atoms with Crippen LogP contribution in [0.3, 0.4) is 0 Å². The Kier molecular flexibility index (Phi) is 4.56. The van der Waals surface area contributed by atoms with Crippen LogP contribution in [0.25, 0.3) is 0 Å². The molecule has 1 heterocycles. The number of amides is 2. The second-order valence-electron chi connectivity index (χ2n) is 3.75. The highest BCUT2D eigenvalue weighted by Gasteiger charge is 2.14. The Hall–Kier alpha value is -1.25. The molecule has 0 bridgehead atoms. The number of nitrogens with one attached hydrogen (secondary N) is 1. The largest absolute Gasteiger partial charge is 0.366 e. The lowest BCUT2D eigenvalue weighted by atomic mass is 10.2. The fourth-order valence-electron chi connectivity index (χ4n) is 1.44. The van der Waals surface area contributed by atoms with Crippen molar-refractivity contribution in [3.63, 3.8) is 0 Å². The van der Waals surface area contributed by atoms with E-state index in [2.05, 4.69) is 37.2 Å². The average Bonchev–Trinajstić information content (AvgIpc) is 2.72. The molecule has 0 aliphatic rings. The first kappa shape index (κ1) is 15.1. The van der Waals surface area contributed by atoms with Crippen molar-refractivity contribution in [3.8, 4) is 0 Å². The molecule has 104 valence electrons. The van der Waals surface area contributed by atoms with Gasteiger partial charge in [0.1, 0.15) is 5.82 Å². The van der Waals surface area contributed by atoms with Gasteiger partial charge < -0.3 is 11.1 Å². The summed E-state index contributed by atoms with van der Waals surface area (Å²) in [5, 5.41) is 2.58. The molecule has 2 rings (SSSR count). The van der Waals surface area contributed by atoms with Gasteiger partial charge in [0.05, 0.1) is 14.2 Å². The first-order valence-corrected chi connectivity index (χ1v) is 7.64. The maximum absolute atomic E-state index is 13.3. The van der Waals surface area contributed by atoms with Crippen LogP contribution in [0.5, 0.6) is 0 Å². The lowest BCUT2D eigenvalue weighted by Gasteiger charge is -2.05. The van der Waals surface area contributed by atoms with Gasteiger partial charge in [-0.15, -0.1) is 11.3 Å². The van der Waals surface area contributed by atoms with Gasteiger partial charge in [-0.1, -0.05) is 0 Å². The number of hydrogen-bond donors (Lipinski definition) is 2. The standard InChI is InChI=1S/C12H7Br2FN2O2S/c13-7-4-9(20-10(7)14)12(19)17-5-1-2-8(15)6(3-5)11(16)18/h1-4H,(H2,16,18)(H,17,19). The first-order chi connectivity index (χ1) is 9.38. The van der Waals surface area contributed by atoms with Gasteiger partial charge in [0.15, 0.2) is 0 Å². The van der Waals surface area contributed by atoms with Gasteiger partial charge in [-0.05, 0) is 56.1 Å². The molecule has 8 heteroatoms. The Morgan fingerprint density at radius 2 is 1.95 bits per heavy atom. The van der Waals surface area contributed by atoms with Crippen LogP contribution in [-0.4, -0.2) is 11.8 Å². The topological polar surface area (TPSA) is 72.2 Å². The molecule has 0 radical (unpaired) electrons. The van der Waals surface area contributed by atoms with E-state index < -0.39 is 11.7 Å². The van der Waals surface area contributed by atoms with Gasteiger partial charge in [-0.2, -0.15) is 0 Å². The predicted octanol–water partition coefficient (Wildman–Crippen LogP) is 3.76. The van der Waals surface area contributed by atoms with Crippen molar-refractivity contribution in [2.45, 2.75) is 0 Å². The van der Waals surface area contributed by atoms with E-state index in [0.717, 1.165) is 14.3 Å². The third-order valence-corrected chi connectivity index (χ3v) is 5.61. The number of nitrogens with two attached hydrogens (primary N) is 1. The van der Waals surface area contributed by atoms with Gasteiger partial charge in [-0.3, -0.25) is 9.59 Å². The Bertz CT molecular complexity index is 683. The van der Waals surface area contributed by atoms with Crippen LogP contribution in [0.2, 0.25) is 0 Å². The van der Waals surface area contributed by atoms with E-state index in [1.165, 1.54) is 23.5 Å². The van der Waals surface area contributed by atoms with Crippen LogP contribution in [0.15, 0.2) is 32.5 Å². The lowest BCUT2D eigenvalue weighted by molar-refractivity contribution is 0.0993. The van der Waals surface area contributed by atoms with Crippen LogP contribution < -0.4 is 11.1 Å². The van der Waals surface area contributed by atoms with Crippen molar-refractivity contribution in [3.05, 3.63) is 48.8 Å². The monoisotopic (exact) mass is 420 g/mol. The molecule has 0 unspecified atom stereocenters. The van der Waals surface area contributed by atoms with E-state index in [9.17, 15) is 14.0 Å². The van der Waals surface area contributed by atoms with Crippen LogP contribution in [0, 0.1) is 5.82 Å². The van der Waals surface area contributed by atoms with E-state index in [-0.39, 0.29) is 11.5 Å². The molecule has 1 aromatic heterocycles. The molecule has 0 aliphatic heterocycles. The number of primary amides is 1. The van der Waals surface area contributed by atoms with Crippen molar-refractivity contribution in [1.82, 2.24) is 0 Å². The number of carbonyl (C=O) groups excluding carboxylic acids is 2. The van der Waals surface area contributed by atoms with Crippen molar-refractivity contribution in [1.29, 1.82) is 0 Å². The molecular formula is C12H7Br2FN2O2S. The maximum Gasteiger partial charge on any atom is 0.265 e. The van der Waals surface area contributed by atoms with Gasteiger partial charge in [-0.25, -0.2) is 4.39 Å². The van der Waals surface area contributed by atoms with Crippen molar-refractivity contribution in [2.75, 3.05) is 5.32 Å². The quantitative estimate of drug-likeness (QED) is 0.791. The fraction of sp³-hybridized carbons (Fsp3) is 0. The number of rotatable bonds is 3. The second kappa shape index (κ2) is 6.02. The fourth-order valence-corrected chi connectivity index (χ4v) is 3.37. The first-order valence-electron chi connectivity index (χ1n) is 5.24. The normalized spacial score (nSPS) is 10.3. The second-order valence-corrected chi connectivity index (χ2v) is 6.97. The molecule has 2 amide bonds. The summed E-state index contributed by atoms with van der Waals surface area (Å²) in [5.41, 5.74) is 5.08. The van der Waals surface area contributed by atoms with Crippen LogP contribution in [-0.2, 0) is 0 Å². The van der Waals surface area contributed by atoms with Gasteiger partial charge >= 0.3 is 0 Å². The van der Waals surface area contributed by atoms with Gasteiger partial charge in [0, 0.05) is 10.2 Å². The molecule has 1 aromatic carbocycles. The zero-order chi connectivity index (χ0) is 14.9. The van der Waals surface area contributed by atoms with E-state index >= 15 is 0 Å². The number of halogens is 3. The SMILES string of the molecule is NC(=O)c1cc(NC(=O)c2cc(Br)c(Br)s2)ccc1F. The number of thiophene rings is 1. The number of hydrogen-bond acceptors (Lipinski definition) is 3. The van der Waals surface area contributed by atoms with Gasteiger partial charge in [0.2, 0.25) is 0 Å². The highest BCUT2D eigenvalue weighted by molar-refractivity contribution is 9.13.